The molecule has 2 aromatic heterocycles. The van der Waals surface area contributed by atoms with Crippen LogP contribution in [0.5, 0.6) is 0 Å². The van der Waals surface area contributed by atoms with Crippen molar-refractivity contribution >= 4 is 21.4 Å². The second kappa shape index (κ2) is 4.89. The lowest BCUT2D eigenvalue weighted by Gasteiger charge is -2.15. The third kappa shape index (κ3) is 2.41. The van der Waals surface area contributed by atoms with Crippen LogP contribution in [0, 0.1) is 0 Å². The van der Waals surface area contributed by atoms with Crippen LogP contribution in [0.1, 0.15) is 36.9 Å². The number of aromatic nitrogens is 3. The van der Waals surface area contributed by atoms with Gasteiger partial charge in [0.15, 0.2) is 0 Å². The molecule has 0 amide bonds. The van der Waals surface area contributed by atoms with E-state index in [1.807, 2.05) is 10.9 Å². The van der Waals surface area contributed by atoms with Gasteiger partial charge in [-0.3, -0.25) is 0 Å². The van der Waals surface area contributed by atoms with E-state index >= 15 is 0 Å². The van der Waals surface area contributed by atoms with Crippen molar-refractivity contribution in [2.75, 3.05) is 13.1 Å². The molecule has 0 unspecified atom stereocenters. The molecule has 0 bridgehead atoms. The van der Waals surface area contributed by atoms with Gasteiger partial charge >= 0.3 is 0 Å². The molecule has 1 saturated carbocycles. The Bertz CT molecular complexity index is 734. The Morgan fingerprint density at radius 1 is 1.29 bits per heavy atom. The monoisotopic (exact) mass is 324 g/mol. The number of hydrogen-bond acceptors (Lipinski definition) is 5. The summed E-state index contributed by atoms with van der Waals surface area (Å²) in [6, 6.07) is 3.53. The molecule has 1 atom stereocenters. The predicted molar refractivity (Wildman–Crippen MR) is 78.7 cm³/mol. The Morgan fingerprint density at radius 2 is 2.14 bits per heavy atom. The van der Waals surface area contributed by atoms with Gasteiger partial charge in [0.1, 0.15) is 4.21 Å². The van der Waals surface area contributed by atoms with E-state index in [-0.39, 0.29) is 6.04 Å². The van der Waals surface area contributed by atoms with E-state index in [1.165, 1.54) is 24.2 Å². The van der Waals surface area contributed by atoms with Crippen LogP contribution < -0.4 is 0 Å². The van der Waals surface area contributed by atoms with Gasteiger partial charge in [0.2, 0.25) is 0 Å². The van der Waals surface area contributed by atoms with Gasteiger partial charge in [0.05, 0.1) is 11.7 Å². The van der Waals surface area contributed by atoms with Gasteiger partial charge in [-0.1, -0.05) is 11.3 Å². The van der Waals surface area contributed by atoms with Crippen molar-refractivity contribution in [2.45, 2.75) is 35.4 Å². The highest BCUT2D eigenvalue weighted by Gasteiger charge is 2.35. The topological polar surface area (TPSA) is 68.1 Å². The van der Waals surface area contributed by atoms with Crippen molar-refractivity contribution in [1.29, 1.82) is 0 Å². The highest BCUT2D eigenvalue weighted by atomic mass is 32.2. The Labute approximate surface area is 127 Å². The molecule has 0 spiro atoms. The number of rotatable bonds is 4. The fraction of sp³-hybridized carbons (Fsp3) is 0.538. The molecule has 0 radical (unpaired) electrons. The zero-order valence-electron chi connectivity index (χ0n) is 11.4. The van der Waals surface area contributed by atoms with E-state index in [2.05, 4.69) is 10.3 Å². The van der Waals surface area contributed by atoms with Crippen molar-refractivity contribution in [2.24, 2.45) is 0 Å². The molecular weight excluding hydrogens is 308 g/mol. The highest BCUT2D eigenvalue weighted by molar-refractivity contribution is 7.91. The largest absolute Gasteiger partial charge is 0.252 e. The summed E-state index contributed by atoms with van der Waals surface area (Å²) in [5.41, 5.74) is 1.05. The van der Waals surface area contributed by atoms with Crippen LogP contribution in [-0.2, 0) is 10.0 Å². The summed E-state index contributed by atoms with van der Waals surface area (Å²) in [5, 5.41) is 10.2. The summed E-state index contributed by atoms with van der Waals surface area (Å²) in [6.07, 6.45) is 5.17. The molecule has 8 heteroatoms. The molecule has 1 saturated heterocycles. The van der Waals surface area contributed by atoms with Gasteiger partial charge in [-0.05, 0) is 30.7 Å². The molecule has 6 nitrogen and oxygen atoms in total. The fourth-order valence-electron chi connectivity index (χ4n) is 2.72. The minimum atomic E-state index is -3.34. The summed E-state index contributed by atoms with van der Waals surface area (Å²) >= 11 is 1.27. The second-order valence-electron chi connectivity index (χ2n) is 5.64. The van der Waals surface area contributed by atoms with E-state index in [9.17, 15) is 8.42 Å². The predicted octanol–water partition coefficient (Wildman–Crippen LogP) is 1.85. The summed E-state index contributed by atoms with van der Waals surface area (Å²) < 4.78 is 28.8. The number of sulfonamides is 1. The van der Waals surface area contributed by atoms with Crippen LogP contribution in [0.25, 0.3) is 0 Å². The van der Waals surface area contributed by atoms with E-state index in [0.717, 1.165) is 12.1 Å². The van der Waals surface area contributed by atoms with Crippen molar-refractivity contribution in [3.05, 3.63) is 29.4 Å². The van der Waals surface area contributed by atoms with Crippen LogP contribution in [0.15, 0.2) is 27.9 Å². The van der Waals surface area contributed by atoms with Crippen LogP contribution >= 0.6 is 11.3 Å². The molecule has 0 aromatic carbocycles. The zero-order valence-corrected chi connectivity index (χ0v) is 13.1. The van der Waals surface area contributed by atoms with E-state index in [4.69, 9.17) is 0 Å². The minimum Gasteiger partial charge on any atom is -0.248 e. The van der Waals surface area contributed by atoms with Gasteiger partial charge in [-0.2, -0.15) is 4.31 Å². The maximum Gasteiger partial charge on any atom is 0.252 e. The molecule has 1 aliphatic heterocycles. The lowest BCUT2D eigenvalue weighted by Crippen LogP contribution is -2.28. The lowest BCUT2D eigenvalue weighted by molar-refractivity contribution is 0.429. The first kappa shape index (κ1) is 13.4. The summed E-state index contributed by atoms with van der Waals surface area (Å²) in [7, 11) is -3.34. The average molecular weight is 324 g/mol. The Morgan fingerprint density at radius 3 is 2.86 bits per heavy atom. The highest BCUT2D eigenvalue weighted by Crippen LogP contribution is 2.39. The Balaban J connectivity index is 1.51. The van der Waals surface area contributed by atoms with Gasteiger partial charge in [0.25, 0.3) is 10.0 Å². The summed E-state index contributed by atoms with van der Waals surface area (Å²) in [4.78, 5) is 0. The van der Waals surface area contributed by atoms with Crippen molar-refractivity contribution in [1.82, 2.24) is 19.3 Å². The molecule has 0 N–H and O–H groups in total. The Kier molecular flexibility index (Phi) is 3.13. The van der Waals surface area contributed by atoms with E-state index < -0.39 is 10.0 Å². The zero-order chi connectivity index (χ0) is 14.4. The Hall–Kier alpha value is -1.25. The molecule has 2 aliphatic rings. The quantitative estimate of drug-likeness (QED) is 0.861. The first-order chi connectivity index (χ1) is 10.1. The molecule has 2 fully saturated rings. The third-order valence-electron chi connectivity index (χ3n) is 4.11. The normalized spacial score (nSPS) is 23.7. The van der Waals surface area contributed by atoms with Gasteiger partial charge < -0.3 is 0 Å². The molecular formula is C13H16N4O2S2. The first-order valence-electron chi connectivity index (χ1n) is 7.10. The van der Waals surface area contributed by atoms with Gasteiger partial charge in [-0.15, -0.1) is 16.4 Å². The van der Waals surface area contributed by atoms with E-state index in [1.54, 1.807) is 21.8 Å². The maximum absolute atomic E-state index is 12.5. The van der Waals surface area contributed by atoms with Crippen molar-refractivity contribution in [3.8, 4) is 0 Å². The van der Waals surface area contributed by atoms with E-state index in [0.29, 0.717) is 23.2 Å². The van der Waals surface area contributed by atoms with Gasteiger partial charge in [0, 0.05) is 25.2 Å². The molecule has 4 rings (SSSR count). The van der Waals surface area contributed by atoms with Crippen molar-refractivity contribution in [3.63, 3.8) is 0 Å². The molecule has 2 aromatic rings. The van der Waals surface area contributed by atoms with Crippen LogP contribution in [0.2, 0.25) is 0 Å². The number of nitrogens with zero attached hydrogens (tertiary/aromatic N) is 4. The molecule has 112 valence electrons. The third-order valence-corrected chi connectivity index (χ3v) is 7.35. The SMILES string of the molecule is O=S(=O)(c1cccs1)N1CC[C@@H](n2cc(C3CC3)nn2)C1. The first-order valence-corrected chi connectivity index (χ1v) is 9.42. The lowest BCUT2D eigenvalue weighted by atomic mass is 10.2. The van der Waals surface area contributed by atoms with Crippen LogP contribution in [0.3, 0.4) is 0 Å². The average Bonchev–Trinajstić information content (AvgIpc) is 2.99. The van der Waals surface area contributed by atoms with Gasteiger partial charge in [-0.25, -0.2) is 13.1 Å². The standard InChI is InChI=1S/C13H16N4O2S2/c18-21(19,13-2-1-7-20-13)16-6-5-11(8-16)17-9-12(14-15-17)10-3-4-10/h1-2,7,9-11H,3-6,8H2/t11-/m1/s1. The molecule has 3 heterocycles. The van der Waals surface area contributed by atoms with Crippen LogP contribution in [-0.4, -0.2) is 40.8 Å². The summed E-state index contributed by atoms with van der Waals surface area (Å²) in [5.74, 6) is 0.575. The van der Waals surface area contributed by atoms with Crippen LogP contribution in [0.4, 0.5) is 0 Å². The van der Waals surface area contributed by atoms with Crippen molar-refractivity contribution < 1.29 is 8.42 Å². The molecule has 1 aliphatic carbocycles. The number of thiophene rings is 1. The summed E-state index contributed by atoms with van der Waals surface area (Å²) in [6.45, 7) is 1.03. The minimum absolute atomic E-state index is 0.0970. The smallest absolute Gasteiger partial charge is 0.248 e. The second-order valence-corrected chi connectivity index (χ2v) is 8.75. The fourth-order valence-corrected chi connectivity index (χ4v) is 5.35. The number of hydrogen-bond donors (Lipinski definition) is 0. The molecule has 21 heavy (non-hydrogen) atoms. The maximum atomic E-state index is 12.5.